The first-order valence-electron chi connectivity index (χ1n) is 3.58. The van der Waals surface area contributed by atoms with E-state index in [0.29, 0.717) is 5.56 Å². The maximum absolute atomic E-state index is 10.2. The third-order valence-corrected chi connectivity index (χ3v) is 1.02. The molecule has 1 rings (SSSR count). The first-order chi connectivity index (χ1) is 7.13. The number of aromatic carboxylic acids is 1. The van der Waals surface area contributed by atoms with Gasteiger partial charge < -0.3 is 20.8 Å². The molecule has 0 unspecified atom stereocenters. The molecule has 0 radical (unpaired) electrons. The van der Waals surface area contributed by atoms with Crippen LogP contribution in [0.15, 0.2) is 30.3 Å². The van der Waals surface area contributed by atoms with Gasteiger partial charge in [-0.05, 0) is 12.1 Å². The molecule has 0 aromatic heterocycles. The highest BCUT2D eigenvalue weighted by Crippen LogP contribution is 1.96. The van der Waals surface area contributed by atoms with Gasteiger partial charge in [0.05, 0.1) is 5.56 Å². The van der Waals surface area contributed by atoms with Crippen molar-refractivity contribution >= 4 is 18.9 Å². The zero-order valence-corrected chi connectivity index (χ0v) is 8.11. The summed E-state index contributed by atoms with van der Waals surface area (Å²) < 4.78 is 0. The van der Waals surface area contributed by atoms with E-state index < -0.39 is 5.97 Å². The Balaban J connectivity index is -0.000000207. The van der Waals surface area contributed by atoms with Gasteiger partial charge in [-0.25, -0.2) is 4.79 Å². The van der Waals surface area contributed by atoms with Gasteiger partial charge in [0.25, 0.3) is 12.9 Å². The minimum absolute atomic E-state index is 0. The number of hydrogen-bond acceptors (Lipinski definition) is 3. The highest BCUT2D eigenvalue weighted by atomic mass is 16.4. The Kier molecular flexibility index (Phi) is 18.1. The quantitative estimate of drug-likeness (QED) is 0.579. The summed E-state index contributed by atoms with van der Waals surface area (Å²) in [5, 5.41) is 22.2. The minimum atomic E-state index is -0.879. The second kappa shape index (κ2) is 15.1. The van der Waals surface area contributed by atoms with E-state index in [4.69, 9.17) is 24.9 Å². The van der Waals surface area contributed by atoms with Crippen LogP contribution in [0.2, 0.25) is 0 Å². The molecule has 0 bridgehead atoms. The molecule has 0 aliphatic carbocycles. The van der Waals surface area contributed by atoms with Gasteiger partial charge in [-0.1, -0.05) is 18.2 Å². The molecular weight excluding hydrogens is 220 g/mol. The Morgan fingerprint density at radius 2 is 1.31 bits per heavy atom. The molecule has 0 atom stereocenters. The molecule has 0 fully saturated rings. The standard InChI is InChI=1S/C7H6O2.2CH2O2.H2O/c8-7(9)6-4-2-1-3-5-6;2*2-1-3;/h1-5H,(H,8,9);2*1H,(H,2,3);1H2. The third-order valence-electron chi connectivity index (χ3n) is 1.02. The van der Waals surface area contributed by atoms with Gasteiger partial charge in [-0.3, -0.25) is 9.59 Å². The SMILES string of the molecule is O.O=C(O)c1ccccc1.O=CO.O=CO. The van der Waals surface area contributed by atoms with Crippen molar-refractivity contribution in [1.82, 2.24) is 0 Å². The Labute approximate surface area is 90.9 Å². The van der Waals surface area contributed by atoms with Crippen molar-refractivity contribution in [1.29, 1.82) is 0 Å². The summed E-state index contributed by atoms with van der Waals surface area (Å²) in [6.45, 7) is -0.500. The summed E-state index contributed by atoms with van der Waals surface area (Å²) in [4.78, 5) is 26.9. The fourth-order valence-corrected chi connectivity index (χ4v) is 0.581. The van der Waals surface area contributed by atoms with Crippen molar-refractivity contribution in [2.75, 3.05) is 0 Å². The Morgan fingerprint density at radius 1 is 1.00 bits per heavy atom. The monoisotopic (exact) mass is 232 g/mol. The lowest BCUT2D eigenvalue weighted by Crippen LogP contribution is -1.93. The van der Waals surface area contributed by atoms with Crippen LogP contribution in [0.4, 0.5) is 0 Å². The van der Waals surface area contributed by atoms with Crippen molar-refractivity contribution in [3.63, 3.8) is 0 Å². The van der Waals surface area contributed by atoms with Crippen LogP contribution in [0.5, 0.6) is 0 Å². The lowest BCUT2D eigenvalue weighted by atomic mass is 10.2. The largest absolute Gasteiger partial charge is 0.483 e. The van der Waals surface area contributed by atoms with Crippen molar-refractivity contribution in [3.8, 4) is 0 Å². The minimum Gasteiger partial charge on any atom is -0.483 e. The normalized spacial score (nSPS) is 6.50. The zero-order chi connectivity index (χ0) is 12.1. The highest BCUT2D eigenvalue weighted by molar-refractivity contribution is 5.87. The number of carboxylic acids is 1. The van der Waals surface area contributed by atoms with E-state index in [1.165, 1.54) is 0 Å². The van der Waals surface area contributed by atoms with Gasteiger partial charge in [0, 0.05) is 0 Å². The van der Waals surface area contributed by atoms with Crippen LogP contribution in [-0.4, -0.2) is 39.7 Å². The van der Waals surface area contributed by atoms with Crippen molar-refractivity contribution in [2.45, 2.75) is 0 Å². The number of carboxylic acid groups (broad SMARTS) is 3. The highest BCUT2D eigenvalue weighted by Gasteiger charge is 1.96. The molecule has 7 heteroatoms. The van der Waals surface area contributed by atoms with Crippen LogP contribution in [-0.2, 0) is 9.59 Å². The van der Waals surface area contributed by atoms with E-state index in [9.17, 15) is 4.79 Å². The second-order valence-electron chi connectivity index (χ2n) is 1.88. The van der Waals surface area contributed by atoms with E-state index in [2.05, 4.69) is 0 Å². The maximum atomic E-state index is 10.2. The molecule has 0 heterocycles. The molecule has 0 aliphatic rings. The Hall–Kier alpha value is -2.41. The van der Waals surface area contributed by atoms with Gasteiger partial charge in [0.1, 0.15) is 0 Å². The average Bonchev–Trinajstić information content (AvgIpc) is 2.21. The van der Waals surface area contributed by atoms with Gasteiger partial charge in [0.2, 0.25) is 0 Å². The topological polar surface area (TPSA) is 143 Å². The fraction of sp³-hybridized carbons (Fsp3) is 0. The second-order valence-corrected chi connectivity index (χ2v) is 1.88. The van der Waals surface area contributed by atoms with E-state index in [0.717, 1.165) is 0 Å². The first kappa shape index (κ1) is 19.2. The molecule has 16 heavy (non-hydrogen) atoms. The molecular formula is C9H12O7. The summed E-state index contributed by atoms with van der Waals surface area (Å²) in [7, 11) is 0. The predicted octanol–water partition coefficient (Wildman–Crippen LogP) is -0.0383. The number of rotatable bonds is 1. The predicted molar refractivity (Wildman–Crippen MR) is 54.4 cm³/mol. The zero-order valence-electron chi connectivity index (χ0n) is 8.11. The molecule has 1 aromatic carbocycles. The van der Waals surface area contributed by atoms with E-state index in [1.54, 1.807) is 30.3 Å². The average molecular weight is 232 g/mol. The molecule has 0 spiro atoms. The molecule has 90 valence electrons. The lowest BCUT2D eigenvalue weighted by molar-refractivity contribution is -0.123. The van der Waals surface area contributed by atoms with Crippen LogP contribution in [0.3, 0.4) is 0 Å². The van der Waals surface area contributed by atoms with Crippen LogP contribution < -0.4 is 0 Å². The number of carbonyl (C=O) groups is 3. The van der Waals surface area contributed by atoms with Crippen LogP contribution >= 0.6 is 0 Å². The number of hydrogen-bond donors (Lipinski definition) is 3. The van der Waals surface area contributed by atoms with Crippen molar-refractivity contribution in [2.24, 2.45) is 0 Å². The first-order valence-corrected chi connectivity index (χ1v) is 3.58. The van der Waals surface area contributed by atoms with Gasteiger partial charge in [-0.15, -0.1) is 0 Å². The Morgan fingerprint density at radius 3 is 1.50 bits per heavy atom. The van der Waals surface area contributed by atoms with E-state index >= 15 is 0 Å². The summed E-state index contributed by atoms with van der Waals surface area (Å²) in [5.74, 6) is -0.879. The summed E-state index contributed by atoms with van der Waals surface area (Å²) in [5.41, 5.74) is 0.331. The van der Waals surface area contributed by atoms with Gasteiger partial charge in [0.15, 0.2) is 0 Å². The molecule has 0 amide bonds. The summed E-state index contributed by atoms with van der Waals surface area (Å²) in [6, 6.07) is 8.30. The van der Waals surface area contributed by atoms with E-state index in [1.807, 2.05) is 0 Å². The summed E-state index contributed by atoms with van der Waals surface area (Å²) in [6.07, 6.45) is 0. The van der Waals surface area contributed by atoms with Crippen molar-refractivity contribution in [3.05, 3.63) is 35.9 Å². The summed E-state index contributed by atoms with van der Waals surface area (Å²) >= 11 is 0. The maximum Gasteiger partial charge on any atom is 0.335 e. The number of benzene rings is 1. The molecule has 0 saturated heterocycles. The third kappa shape index (κ3) is 14.1. The molecule has 5 N–H and O–H groups in total. The smallest absolute Gasteiger partial charge is 0.335 e. The van der Waals surface area contributed by atoms with Gasteiger partial charge in [-0.2, -0.15) is 0 Å². The van der Waals surface area contributed by atoms with Crippen LogP contribution in [0.25, 0.3) is 0 Å². The Bertz CT molecular complexity index is 277. The van der Waals surface area contributed by atoms with Crippen molar-refractivity contribution < 1.29 is 35.2 Å². The van der Waals surface area contributed by atoms with E-state index in [-0.39, 0.29) is 18.4 Å². The van der Waals surface area contributed by atoms with Gasteiger partial charge >= 0.3 is 5.97 Å². The molecule has 0 aliphatic heterocycles. The van der Waals surface area contributed by atoms with Crippen LogP contribution in [0, 0.1) is 0 Å². The molecule has 0 saturated carbocycles. The fourth-order valence-electron chi connectivity index (χ4n) is 0.581. The molecule has 7 nitrogen and oxygen atoms in total. The van der Waals surface area contributed by atoms with Crippen LogP contribution in [0.1, 0.15) is 10.4 Å². The molecule has 1 aromatic rings. The lowest BCUT2D eigenvalue weighted by Gasteiger charge is -1.88.